The van der Waals surface area contributed by atoms with E-state index in [-0.39, 0.29) is 5.97 Å². The van der Waals surface area contributed by atoms with Crippen molar-refractivity contribution in [1.82, 2.24) is 5.32 Å². The molecule has 1 N–H and O–H groups in total. The Morgan fingerprint density at radius 3 is 2.56 bits per heavy atom. The lowest BCUT2D eigenvalue weighted by Gasteiger charge is -2.04. The van der Waals surface area contributed by atoms with Gasteiger partial charge in [0.1, 0.15) is 0 Å². The van der Waals surface area contributed by atoms with Crippen LogP contribution in [0.5, 0.6) is 0 Å². The first-order chi connectivity index (χ1) is 7.77. The molecule has 0 aromatic heterocycles. The van der Waals surface area contributed by atoms with Crippen LogP contribution in [0.3, 0.4) is 0 Å². The Hall–Kier alpha value is -1.35. The van der Waals surface area contributed by atoms with E-state index >= 15 is 0 Å². The predicted molar refractivity (Wildman–Crippen MR) is 64.4 cm³/mol. The van der Waals surface area contributed by atoms with Crippen LogP contribution in [-0.2, 0) is 11.3 Å². The summed E-state index contributed by atoms with van der Waals surface area (Å²) in [6, 6.07) is 7.49. The number of benzene rings is 1. The molecule has 1 rings (SSSR count). The van der Waals surface area contributed by atoms with E-state index in [1.807, 2.05) is 12.1 Å². The lowest BCUT2D eigenvalue weighted by Crippen LogP contribution is -2.14. The average Bonchev–Trinajstić information content (AvgIpc) is 2.34. The highest BCUT2D eigenvalue weighted by molar-refractivity contribution is 5.89. The van der Waals surface area contributed by atoms with Crippen molar-refractivity contribution in [2.75, 3.05) is 13.7 Å². The quantitative estimate of drug-likeness (QED) is 0.592. The molecule has 0 atom stereocenters. The molecule has 0 saturated heterocycles. The largest absolute Gasteiger partial charge is 0.465 e. The summed E-state index contributed by atoms with van der Waals surface area (Å²) in [5.74, 6) is -0.287. The van der Waals surface area contributed by atoms with Crippen LogP contribution in [-0.4, -0.2) is 19.6 Å². The minimum Gasteiger partial charge on any atom is -0.465 e. The van der Waals surface area contributed by atoms with E-state index in [0.29, 0.717) is 5.56 Å². The zero-order valence-electron chi connectivity index (χ0n) is 9.95. The minimum absolute atomic E-state index is 0.287. The topological polar surface area (TPSA) is 38.3 Å². The van der Waals surface area contributed by atoms with Gasteiger partial charge in [0.15, 0.2) is 0 Å². The van der Waals surface area contributed by atoms with Gasteiger partial charge < -0.3 is 10.1 Å². The van der Waals surface area contributed by atoms with Gasteiger partial charge in [0, 0.05) is 6.54 Å². The standard InChI is InChI=1S/C13H19NO2/c1-3-4-9-14-10-11-5-7-12(8-6-11)13(15)16-2/h5-8,14H,3-4,9-10H2,1-2H3. The summed E-state index contributed by atoms with van der Waals surface area (Å²) in [5, 5.41) is 3.35. The fraction of sp³-hybridized carbons (Fsp3) is 0.462. The van der Waals surface area contributed by atoms with Crippen LogP contribution in [0.1, 0.15) is 35.7 Å². The molecule has 0 bridgehead atoms. The van der Waals surface area contributed by atoms with Crippen molar-refractivity contribution in [3.8, 4) is 0 Å². The fourth-order valence-corrected chi connectivity index (χ4v) is 1.41. The molecule has 0 saturated carbocycles. The molecule has 0 radical (unpaired) electrons. The second-order valence-electron chi connectivity index (χ2n) is 3.72. The smallest absolute Gasteiger partial charge is 0.337 e. The Labute approximate surface area is 96.8 Å². The minimum atomic E-state index is -0.287. The van der Waals surface area contributed by atoms with E-state index in [2.05, 4.69) is 17.0 Å². The van der Waals surface area contributed by atoms with Gasteiger partial charge in [0.05, 0.1) is 12.7 Å². The zero-order valence-corrected chi connectivity index (χ0v) is 9.95. The summed E-state index contributed by atoms with van der Waals surface area (Å²) in [4.78, 5) is 11.2. The molecule has 0 aliphatic heterocycles. The van der Waals surface area contributed by atoms with E-state index in [4.69, 9.17) is 0 Å². The van der Waals surface area contributed by atoms with Crippen LogP contribution in [0, 0.1) is 0 Å². The number of rotatable bonds is 6. The molecule has 1 aromatic carbocycles. The van der Waals surface area contributed by atoms with Crippen LogP contribution in [0.4, 0.5) is 0 Å². The molecule has 3 nitrogen and oxygen atoms in total. The third-order valence-electron chi connectivity index (χ3n) is 2.41. The normalized spacial score (nSPS) is 10.1. The van der Waals surface area contributed by atoms with Crippen LogP contribution >= 0.6 is 0 Å². The lowest BCUT2D eigenvalue weighted by molar-refractivity contribution is 0.0600. The summed E-state index contributed by atoms with van der Waals surface area (Å²) < 4.78 is 4.63. The predicted octanol–water partition coefficient (Wildman–Crippen LogP) is 2.36. The first-order valence-corrected chi connectivity index (χ1v) is 5.66. The van der Waals surface area contributed by atoms with Gasteiger partial charge in [0.25, 0.3) is 0 Å². The van der Waals surface area contributed by atoms with E-state index in [9.17, 15) is 4.79 Å². The van der Waals surface area contributed by atoms with Crippen molar-refractivity contribution in [3.63, 3.8) is 0 Å². The number of unbranched alkanes of at least 4 members (excludes halogenated alkanes) is 1. The van der Waals surface area contributed by atoms with Crippen molar-refractivity contribution < 1.29 is 9.53 Å². The molecule has 0 unspecified atom stereocenters. The Kier molecular flexibility index (Phi) is 5.57. The number of nitrogens with one attached hydrogen (secondary N) is 1. The van der Waals surface area contributed by atoms with Gasteiger partial charge in [-0.15, -0.1) is 0 Å². The molecular formula is C13H19NO2. The average molecular weight is 221 g/mol. The number of carbonyl (C=O) groups is 1. The van der Waals surface area contributed by atoms with Gasteiger partial charge in [-0.3, -0.25) is 0 Å². The van der Waals surface area contributed by atoms with Gasteiger partial charge in [0.2, 0.25) is 0 Å². The summed E-state index contributed by atoms with van der Waals surface area (Å²) in [7, 11) is 1.39. The molecule has 16 heavy (non-hydrogen) atoms. The van der Waals surface area contributed by atoms with Gasteiger partial charge >= 0.3 is 5.97 Å². The SMILES string of the molecule is CCCCNCc1ccc(C(=O)OC)cc1. The maximum absolute atomic E-state index is 11.2. The van der Waals surface area contributed by atoms with Crippen LogP contribution in [0.25, 0.3) is 0 Å². The van der Waals surface area contributed by atoms with Crippen molar-refractivity contribution >= 4 is 5.97 Å². The van der Waals surface area contributed by atoms with Crippen molar-refractivity contribution in [2.45, 2.75) is 26.3 Å². The lowest BCUT2D eigenvalue weighted by atomic mass is 10.1. The van der Waals surface area contributed by atoms with E-state index in [0.717, 1.165) is 13.1 Å². The maximum atomic E-state index is 11.2. The van der Waals surface area contributed by atoms with E-state index in [1.54, 1.807) is 12.1 Å². The van der Waals surface area contributed by atoms with Gasteiger partial charge in [-0.2, -0.15) is 0 Å². The number of carbonyl (C=O) groups excluding carboxylic acids is 1. The number of hydrogen-bond acceptors (Lipinski definition) is 3. The highest BCUT2D eigenvalue weighted by Crippen LogP contribution is 2.05. The third-order valence-corrected chi connectivity index (χ3v) is 2.41. The third kappa shape index (κ3) is 4.03. The van der Waals surface area contributed by atoms with Crippen LogP contribution in [0.2, 0.25) is 0 Å². The first-order valence-electron chi connectivity index (χ1n) is 5.66. The summed E-state index contributed by atoms with van der Waals surface area (Å²) >= 11 is 0. The van der Waals surface area contributed by atoms with Crippen molar-refractivity contribution in [3.05, 3.63) is 35.4 Å². The summed E-state index contributed by atoms with van der Waals surface area (Å²) in [6.07, 6.45) is 2.40. The van der Waals surface area contributed by atoms with Crippen molar-refractivity contribution in [1.29, 1.82) is 0 Å². The first kappa shape index (κ1) is 12.7. The van der Waals surface area contributed by atoms with Crippen LogP contribution < -0.4 is 5.32 Å². The highest BCUT2D eigenvalue weighted by Gasteiger charge is 2.03. The molecule has 1 aromatic rings. The van der Waals surface area contributed by atoms with E-state index in [1.165, 1.54) is 25.5 Å². The maximum Gasteiger partial charge on any atom is 0.337 e. The number of ether oxygens (including phenoxy) is 1. The van der Waals surface area contributed by atoms with Gasteiger partial charge in [-0.05, 0) is 30.7 Å². The number of methoxy groups -OCH3 is 1. The van der Waals surface area contributed by atoms with Gasteiger partial charge in [-0.25, -0.2) is 4.79 Å². The second kappa shape index (κ2) is 7.01. The Morgan fingerprint density at radius 2 is 2.00 bits per heavy atom. The number of esters is 1. The Morgan fingerprint density at radius 1 is 1.31 bits per heavy atom. The summed E-state index contributed by atoms with van der Waals surface area (Å²) in [6.45, 7) is 4.06. The van der Waals surface area contributed by atoms with Gasteiger partial charge in [-0.1, -0.05) is 25.5 Å². The summed E-state index contributed by atoms with van der Waals surface area (Å²) in [5.41, 5.74) is 1.78. The Bertz CT molecular complexity index is 319. The molecule has 0 aliphatic rings. The molecule has 0 fully saturated rings. The zero-order chi connectivity index (χ0) is 11.8. The number of hydrogen-bond donors (Lipinski definition) is 1. The molecule has 0 aliphatic carbocycles. The highest BCUT2D eigenvalue weighted by atomic mass is 16.5. The van der Waals surface area contributed by atoms with Crippen LogP contribution in [0.15, 0.2) is 24.3 Å². The molecule has 0 amide bonds. The molecular weight excluding hydrogens is 202 g/mol. The molecule has 0 spiro atoms. The Balaban J connectivity index is 2.42. The molecule has 3 heteroatoms. The monoisotopic (exact) mass is 221 g/mol. The molecule has 0 heterocycles. The second-order valence-corrected chi connectivity index (χ2v) is 3.72. The van der Waals surface area contributed by atoms with Crippen molar-refractivity contribution in [2.24, 2.45) is 0 Å². The van der Waals surface area contributed by atoms with E-state index < -0.39 is 0 Å². The molecule has 88 valence electrons. The fourth-order valence-electron chi connectivity index (χ4n) is 1.41.